The molecule has 5 heteroatoms. The van der Waals surface area contributed by atoms with Gasteiger partial charge in [0, 0.05) is 16.8 Å². The van der Waals surface area contributed by atoms with E-state index in [0.717, 1.165) is 16.9 Å². The van der Waals surface area contributed by atoms with Crippen molar-refractivity contribution in [3.63, 3.8) is 0 Å². The number of anilines is 2. The van der Waals surface area contributed by atoms with Crippen LogP contribution in [0.3, 0.4) is 0 Å². The van der Waals surface area contributed by atoms with E-state index in [4.69, 9.17) is 0 Å². The summed E-state index contributed by atoms with van der Waals surface area (Å²) in [5, 5.41) is 2.88. The van der Waals surface area contributed by atoms with Gasteiger partial charge in [-0.3, -0.25) is 14.5 Å². The van der Waals surface area contributed by atoms with Gasteiger partial charge in [-0.15, -0.1) is 11.8 Å². The Morgan fingerprint density at radius 2 is 1.84 bits per heavy atom. The van der Waals surface area contributed by atoms with E-state index in [1.165, 1.54) is 0 Å². The number of amides is 2. The molecule has 0 aliphatic carbocycles. The van der Waals surface area contributed by atoms with Crippen LogP contribution in [0.1, 0.15) is 31.7 Å². The van der Waals surface area contributed by atoms with Crippen molar-refractivity contribution in [2.75, 3.05) is 16.0 Å². The summed E-state index contributed by atoms with van der Waals surface area (Å²) in [6, 6.07) is 17.4. The predicted molar refractivity (Wildman–Crippen MR) is 104 cm³/mol. The van der Waals surface area contributed by atoms with E-state index < -0.39 is 5.41 Å². The van der Waals surface area contributed by atoms with Crippen LogP contribution in [0, 0.1) is 5.41 Å². The summed E-state index contributed by atoms with van der Waals surface area (Å²) in [5.74, 6) is 0.531. The molecular formula is C20H22N2O2S. The standard InChI is InChI=1S/C20H22N2O2S/c1-20(2,3)19(24)21-15-9-7-8-14(12-15)18-22(17(23)13-25-18)16-10-5-4-6-11-16/h4-12,18H,13H2,1-3H3,(H,21,24)/t18-/m0/s1. The van der Waals surface area contributed by atoms with E-state index in [-0.39, 0.29) is 17.2 Å². The Morgan fingerprint density at radius 1 is 1.12 bits per heavy atom. The fourth-order valence-electron chi connectivity index (χ4n) is 2.63. The molecule has 0 unspecified atom stereocenters. The maximum atomic E-state index is 12.4. The first-order chi connectivity index (χ1) is 11.9. The second-order valence-electron chi connectivity index (χ2n) is 7.09. The molecule has 1 heterocycles. The fraction of sp³-hybridized carbons (Fsp3) is 0.300. The molecule has 0 spiro atoms. The molecule has 1 atom stereocenters. The first-order valence-electron chi connectivity index (χ1n) is 8.26. The highest BCUT2D eigenvalue weighted by atomic mass is 32.2. The number of carbonyl (C=O) groups excluding carboxylic acids is 2. The summed E-state index contributed by atoms with van der Waals surface area (Å²) in [6.45, 7) is 5.65. The van der Waals surface area contributed by atoms with E-state index in [0.29, 0.717) is 5.75 Å². The number of nitrogens with zero attached hydrogens (tertiary/aromatic N) is 1. The minimum Gasteiger partial charge on any atom is -0.326 e. The summed E-state index contributed by atoms with van der Waals surface area (Å²) in [6.07, 6.45) is 0. The van der Waals surface area contributed by atoms with Crippen LogP contribution < -0.4 is 10.2 Å². The highest BCUT2D eigenvalue weighted by Crippen LogP contribution is 2.42. The van der Waals surface area contributed by atoms with Gasteiger partial charge in [-0.2, -0.15) is 0 Å². The maximum Gasteiger partial charge on any atom is 0.238 e. The van der Waals surface area contributed by atoms with Crippen LogP contribution in [-0.4, -0.2) is 17.6 Å². The van der Waals surface area contributed by atoms with Crippen LogP contribution in [0.4, 0.5) is 11.4 Å². The van der Waals surface area contributed by atoms with Crippen LogP contribution in [-0.2, 0) is 9.59 Å². The van der Waals surface area contributed by atoms with Gasteiger partial charge in [-0.05, 0) is 29.8 Å². The lowest BCUT2D eigenvalue weighted by molar-refractivity contribution is -0.123. The molecule has 0 aromatic heterocycles. The molecule has 25 heavy (non-hydrogen) atoms. The highest BCUT2D eigenvalue weighted by molar-refractivity contribution is 8.00. The number of rotatable bonds is 3. The summed E-state index contributed by atoms with van der Waals surface area (Å²) in [5.41, 5.74) is 2.20. The first-order valence-corrected chi connectivity index (χ1v) is 9.31. The van der Waals surface area contributed by atoms with Crippen LogP contribution in [0.15, 0.2) is 54.6 Å². The van der Waals surface area contributed by atoms with Crippen molar-refractivity contribution in [1.29, 1.82) is 0 Å². The van der Waals surface area contributed by atoms with Crippen LogP contribution in [0.5, 0.6) is 0 Å². The number of nitrogens with one attached hydrogen (secondary N) is 1. The SMILES string of the molecule is CC(C)(C)C(=O)Nc1cccc([C@@H]2SCC(=O)N2c2ccccc2)c1. The number of thioether (sulfide) groups is 1. The van der Waals surface area contributed by atoms with Gasteiger partial charge < -0.3 is 5.32 Å². The van der Waals surface area contributed by atoms with Crippen LogP contribution >= 0.6 is 11.8 Å². The Kier molecular flexibility index (Phi) is 4.86. The van der Waals surface area contributed by atoms with Gasteiger partial charge in [0.1, 0.15) is 5.37 Å². The summed E-state index contributed by atoms with van der Waals surface area (Å²) in [7, 11) is 0. The summed E-state index contributed by atoms with van der Waals surface area (Å²) < 4.78 is 0. The minimum atomic E-state index is -0.454. The topological polar surface area (TPSA) is 49.4 Å². The quantitative estimate of drug-likeness (QED) is 0.886. The third-order valence-electron chi connectivity index (χ3n) is 4.01. The lowest BCUT2D eigenvalue weighted by Gasteiger charge is -2.25. The van der Waals surface area contributed by atoms with Crippen molar-refractivity contribution >= 4 is 35.0 Å². The van der Waals surface area contributed by atoms with E-state index in [1.807, 2.05) is 80.3 Å². The third kappa shape index (κ3) is 3.87. The average molecular weight is 354 g/mol. The molecule has 130 valence electrons. The lowest BCUT2D eigenvalue weighted by Crippen LogP contribution is -2.28. The minimum absolute atomic E-state index is 0.0280. The number of benzene rings is 2. The molecule has 1 fully saturated rings. The van der Waals surface area contributed by atoms with Crippen molar-refractivity contribution < 1.29 is 9.59 Å². The molecule has 1 saturated heterocycles. The van der Waals surface area contributed by atoms with Gasteiger partial charge in [-0.1, -0.05) is 51.1 Å². The molecule has 0 radical (unpaired) electrons. The zero-order valence-corrected chi connectivity index (χ0v) is 15.5. The lowest BCUT2D eigenvalue weighted by atomic mass is 9.95. The zero-order chi connectivity index (χ0) is 18.0. The Morgan fingerprint density at radius 3 is 2.52 bits per heavy atom. The molecule has 1 aliphatic heterocycles. The van der Waals surface area contributed by atoms with Crippen molar-refractivity contribution in [1.82, 2.24) is 0 Å². The Balaban J connectivity index is 1.87. The van der Waals surface area contributed by atoms with Crippen LogP contribution in [0.25, 0.3) is 0 Å². The maximum absolute atomic E-state index is 12.4. The molecule has 1 N–H and O–H groups in total. The number of hydrogen-bond acceptors (Lipinski definition) is 3. The third-order valence-corrected chi connectivity index (χ3v) is 5.23. The number of para-hydroxylation sites is 1. The number of hydrogen-bond donors (Lipinski definition) is 1. The smallest absolute Gasteiger partial charge is 0.238 e. The molecule has 2 amide bonds. The second-order valence-corrected chi connectivity index (χ2v) is 8.16. The normalized spacial score (nSPS) is 17.6. The van der Waals surface area contributed by atoms with Gasteiger partial charge in [0.05, 0.1) is 5.75 Å². The molecule has 2 aromatic carbocycles. The summed E-state index contributed by atoms with van der Waals surface area (Å²) in [4.78, 5) is 26.4. The van der Waals surface area contributed by atoms with Gasteiger partial charge in [0.25, 0.3) is 0 Å². The molecule has 2 aromatic rings. The van der Waals surface area contributed by atoms with E-state index in [2.05, 4.69) is 5.32 Å². The van der Waals surface area contributed by atoms with E-state index in [1.54, 1.807) is 11.8 Å². The van der Waals surface area contributed by atoms with E-state index >= 15 is 0 Å². The summed E-state index contributed by atoms with van der Waals surface area (Å²) >= 11 is 1.60. The fourth-order valence-corrected chi connectivity index (χ4v) is 3.79. The predicted octanol–water partition coefficient (Wildman–Crippen LogP) is 4.45. The van der Waals surface area contributed by atoms with Crippen molar-refractivity contribution in [3.05, 3.63) is 60.2 Å². The molecular weight excluding hydrogens is 332 g/mol. The Hall–Kier alpha value is -2.27. The zero-order valence-electron chi connectivity index (χ0n) is 14.7. The van der Waals surface area contributed by atoms with E-state index in [9.17, 15) is 9.59 Å². The Bertz CT molecular complexity index is 784. The van der Waals surface area contributed by atoms with Gasteiger partial charge >= 0.3 is 0 Å². The van der Waals surface area contributed by atoms with Crippen LogP contribution in [0.2, 0.25) is 0 Å². The number of carbonyl (C=O) groups is 2. The largest absolute Gasteiger partial charge is 0.326 e. The second kappa shape index (κ2) is 6.92. The molecule has 0 saturated carbocycles. The molecule has 3 rings (SSSR count). The molecule has 0 bridgehead atoms. The monoisotopic (exact) mass is 354 g/mol. The van der Waals surface area contributed by atoms with Gasteiger partial charge in [0.2, 0.25) is 11.8 Å². The van der Waals surface area contributed by atoms with Crippen molar-refractivity contribution in [2.24, 2.45) is 5.41 Å². The average Bonchev–Trinajstić information content (AvgIpc) is 2.96. The van der Waals surface area contributed by atoms with Crippen molar-refractivity contribution in [2.45, 2.75) is 26.1 Å². The Labute approximate surface area is 152 Å². The van der Waals surface area contributed by atoms with Gasteiger partial charge in [-0.25, -0.2) is 0 Å². The molecule has 4 nitrogen and oxygen atoms in total. The molecule has 1 aliphatic rings. The van der Waals surface area contributed by atoms with Crippen molar-refractivity contribution in [3.8, 4) is 0 Å². The first kappa shape index (κ1) is 17.5. The van der Waals surface area contributed by atoms with Gasteiger partial charge in [0.15, 0.2) is 0 Å². The highest BCUT2D eigenvalue weighted by Gasteiger charge is 2.34.